The second-order valence-corrected chi connectivity index (χ2v) is 10.3. The van der Waals surface area contributed by atoms with Gasteiger partial charge in [0.15, 0.2) is 12.4 Å². The van der Waals surface area contributed by atoms with Crippen LogP contribution in [0.15, 0.2) is 71.7 Å². The number of carbonyl (C=O) groups excluding carboxylic acids is 3. The predicted octanol–water partition coefficient (Wildman–Crippen LogP) is 0.558. The fraction of sp³-hybridized carbons (Fsp3) is 0.269. The van der Waals surface area contributed by atoms with Gasteiger partial charge in [-0.2, -0.15) is 4.57 Å². The highest BCUT2D eigenvalue weighted by molar-refractivity contribution is 8.00. The summed E-state index contributed by atoms with van der Waals surface area (Å²) in [5.74, 6) is -1.70. The molecule has 0 bridgehead atoms. The quantitative estimate of drug-likeness (QED) is 0.227. The molecule has 0 spiro atoms. The topological polar surface area (TPSA) is 157 Å². The number of fused-ring (bicyclic) bond motifs is 1. The summed E-state index contributed by atoms with van der Waals surface area (Å²) in [6, 6.07) is 9.24. The Morgan fingerprint density at radius 1 is 1.24 bits per heavy atom. The summed E-state index contributed by atoms with van der Waals surface area (Å²) in [4.78, 5) is 52.5. The number of carboxylic acids is 1. The smallest absolute Gasteiger partial charge is 0.352 e. The van der Waals surface area contributed by atoms with E-state index in [-0.39, 0.29) is 29.8 Å². The molecule has 196 valence electrons. The number of carboxylic acid groups (broad SMARTS) is 1. The van der Waals surface area contributed by atoms with E-state index in [1.165, 1.54) is 28.8 Å². The Labute approximate surface area is 222 Å². The summed E-state index contributed by atoms with van der Waals surface area (Å²) in [6.45, 7) is 0.842. The van der Waals surface area contributed by atoms with Crippen LogP contribution in [0.2, 0.25) is 0 Å². The van der Waals surface area contributed by atoms with E-state index in [9.17, 15) is 29.4 Å². The molecule has 12 heteroatoms. The average molecular weight is 537 g/mol. The highest BCUT2D eigenvalue weighted by Gasteiger charge is 2.51. The number of phenols is 1. The summed E-state index contributed by atoms with van der Waals surface area (Å²) >= 11 is 1.39. The van der Waals surface area contributed by atoms with Crippen LogP contribution in [0.1, 0.15) is 12.0 Å². The van der Waals surface area contributed by atoms with Crippen LogP contribution in [0.25, 0.3) is 0 Å². The number of nitrogens with one attached hydrogen (secondary N) is 1. The minimum Gasteiger partial charge on any atom is -0.508 e. The molecule has 5 N–H and O–H groups in total. The third kappa shape index (κ3) is 5.00. The van der Waals surface area contributed by atoms with Gasteiger partial charge < -0.3 is 26.2 Å². The summed E-state index contributed by atoms with van der Waals surface area (Å²) in [7, 11) is 0. The maximum atomic E-state index is 13.1. The van der Waals surface area contributed by atoms with Crippen molar-refractivity contribution in [2.75, 3.05) is 17.6 Å². The standard InChI is InChI=1S/C26H25N5O6S/c27-21-24(35)31-22(26(36)37)17(14-38-25(21)31)9-16-6-8-30(23(16)34)12-15-3-2-7-29(11-15)13-20(33)28-18-4-1-5-19(32)10-18/h1-5,7,9-11,21,25H,6,8,12-14,27H2,(H2-,28,32,33,36,37)/p+1/b16-9+/t21-,25-/m1/s1. The molecule has 1 aromatic heterocycles. The Hall–Kier alpha value is -4.16. The zero-order chi connectivity index (χ0) is 27.0. The van der Waals surface area contributed by atoms with Gasteiger partial charge in [0.05, 0.1) is 6.54 Å². The van der Waals surface area contributed by atoms with Crippen LogP contribution >= 0.6 is 11.8 Å². The number of phenolic OH excluding ortho intramolecular Hbond substituents is 1. The van der Waals surface area contributed by atoms with E-state index in [1.54, 1.807) is 46.1 Å². The Morgan fingerprint density at radius 3 is 2.82 bits per heavy atom. The molecule has 5 rings (SSSR count). The fourth-order valence-electron chi connectivity index (χ4n) is 4.75. The number of nitrogens with zero attached hydrogens (tertiary/aromatic N) is 3. The number of anilines is 1. The lowest BCUT2D eigenvalue weighted by Gasteiger charge is -2.47. The molecule has 3 aliphatic heterocycles. The number of amides is 3. The van der Waals surface area contributed by atoms with Crippen molar-refractivity contribution < 1.29 is 34.0 Å². The second-order valence-electron chi connectivity index (χ2n) is 9.24. The Bertz CT molecular complexity index is 1410. The van der Waals surface area contributed by atoms with E-state index in [2.05, 4.69) is 5.32 Å². The van der Waals surface area contributed by atoms with Gasteiger partial charge in [0.1, 0.15) is 22.9 Å². The second kappa shape index (κ2) is 10.3. The third-order valence-corrected chi connectivity index (χ3v) is 7.88. The van der Waals surface area contributed by atoms with E-state index in [0.29, 0.717) is 42.1 Å². The number of aromatic nitrogens is 1. The number of β-lactam (4-membered cyclic amide) rings is 1. The lowest BCUT2D eigenvalue weighted by Crippen LogP contribution is -2.68. The van der Waals surface area contributed by atoms with Crippen LogP contribution in [-0.2, 0) is 32.3 Å². The normalized spacial score (nSPS) is 22.0. The molecule has 2 saturated heterocycles. The SMILES string of the molecule is N[C@@H]1C(=O)N2C(C(=O)O)=C(/C=C3\CCN(Cc4ccc[n+](CC(=O)Nc5cccc(O)c5)c4)C3=O)CS[C@H]12. The molecule has 0 unspecified atom stereocenters. The monoisotopic (exact) mass is 536 g/mol. The summed E-state index contributed by atoms with van der Waals surface area (Å²) < 4.78 is 1.71. The number of benzene rings is 1. The number of thioether (sulfide) groups is 1. The first-order chi connectivity index (χ1) is 18.2. The van der Waals surface area contributed by atoms with Gasteiger partial charge in [-0.1, -0.05) is 6.07 Å². The minimum atomic E-state index is -1.22. The number of likely N-dealkylation sites (tertiary alicyclic amines) is 1. The first-order valence-electron chi connectivity index (χ1n) is 11.9. The van der Waals surface area contributed by atoms with Crippen LogP contribution in [0.3, 0.4) is 0 Å². The Morgan fingerprint density at radius 2 is 2.05 bits per heavy atom. The van der Waals surface area contributed by atoms with E-state index in [4.69, 9.17) is 5.73 Å². The zero-order valence-electron chi connectivity index (χ0n) is 20.2. The molecule has 0 radical (unpaired) electrons. The highest BCUT2D eigenvalue weighted by atomic mass is 32.2. The largest absolute Gasteiger partial charge is 0.508 e. The predicted molar refractivity (Wildman–Crippen MR) is 137 cm³/mol. The molecule has 3 aliphatic rings. The summed E-state index contributed by atoms with van der Waals surface area (Å²) in [5, 5.41) is 21.6. The van der Waals surface area contributed by atoms with Crippen molar-refractivity contribution in [2.24, 2.45) is 5.73 Å². The summed E-state index contributed by atoms with van der Waals surface area (Å²) in [6.07, 6.45) is 5.59. The van der Waals surface area contributed by atoms with Gasteiger partial charge in [0.2, 0.25) is 18.4 Å². The third-order valence-electron chi connectivity index (χ3n) is 6.55. The van der Waals surface area contributed by atoms with E-state index in [0.717, 1.165) is 5.56 Å². The molecular formula is C26H26N5O6S+. The number of aromatic hydroxyl groups is 1. The Kier molecular flexibility index (Phi) is 6.91. The van der Waals surface area contributed by atoms with Gasteiger partial charge in [0, 0.05) is 41.3 Å². The number of nitrogens with two attached hydrogens (primary N) is 1. The van der Waals surface area contributed by atoms with Crippen LogP contribution in [0, 0.1) is 0 Å². The van der Waals surface area contributed by atoms with Crippen LogP contribution < -0.4 is 15.6 Å². The van der Waals surface area contributed by atoms with Crippen LogP contribution in [0.4, 0.5) is 5.69 Å². The van der Waals surface area contributed by atoms with Crippen molar-refractivity contribution in [1.82, 2.24) is 9.80 Å². The summed E-state index contributed by atoms with van der Waals surface area (Å²) in [5.41, 5.74) is 7.93. The zero-order valence-corrected chi connectivity index (χ0v) is 21.1. The average Bonchev–Trinajstić information content (AvgIpc) is 3.21. The van der Waals surface area contributed by atoms with E-state index in [1.807, 2.05) is 6.07 Å². The van der Waals surface area contributed by atoms with Gasteiger partial charge in [-0.05, 0) is 36.3 Å². The van der Waals surface area contributed by atoms with Crippen molar-refractivity contribution in [3.8, 4) is 5.75 Å². The molecule has 11 nitrogen and oxygen atoms in total. The van der Waals surface area contributed by atoms with Gasteiger partial charge >= 0.3 is 5.97 Å². The highest BCUT2D eigenvalue weighted by Crippen LogP contribution is 2.40. The van der Waals surface area contributed by atoms with Crippen LogP contribution in [0.5, 0.6) is 5.75 Å². The lowest BCUT2D eigenvalue weighted by atomic mass is 10.0. The first kappa shape index (κ1) is 25.5. The maximum absolute atomic E-state index is 13.1. The van der Waals surface area contributed by atoms with Gasteiger partial charge in [-0.25, -0.2) is 4.79 Å². The molecule has 4 heterocycles. The molecule has 2 aromatic rings. The van der Waals surface area contributed by atoms with Gasteiger partial charge in [-0.3, -0.25) is 19.3 Å². The minimum absolute atomic E-state index is 0.0479. The lowest BCUT2D eigenvalue weighted by molar-refractivity contribution is -0.684. The van der Waals surface area contributed by atoms with Crippen molar-refractivity contribution in [3.63, 3.8) is 0 Å². The number of allylic oxidation sites excluding steroid dienone is 1. The van der Waals surface area contributed by atoms with Crippen molar-refractivity contribution in [1.29, 1.82) is 0 Å². The molecule has 3 amide bonds. The molecule has 0 saturated carbocycles. The molecule has 1 aromatic carbocycles. The maximum Gasteiger partial charge on any atom is 0.352 e. The number of hydrogen-bond acceptors (Lipinski definition) is 7. The van der Waals surface area contributed by atoms with E-state index < -0.39 is 23.3 Å². The molecular weight excluding hydrogens is 510 g/mol. The van der Waals surface area contributed by atoms with Gasteiger partial charge in [-0.15, -0.1) is 11.8 Å². The van der Waals surface area contributed by atoms with Gasteiger partial charge in [0.25, 0.3) is 5.91 Å². The van der Waals surface area contributed by atoms with Crippen molar-refractivity contribution >= 4 is 41.1 Å². The fourth-order valence-corrected chi connectivity index (χ4v) is 6.00. The Balaban J connectivity index is 1.25. The molecule has 0 aliphatic carbocycles. The molecule has 2 fully saturated rings. The molecule has 2 atom stereocenters. The van der Waals surface area contributed by atoms with Crippen molar-refractivity contribution in [3.05, 3.63) is 77.3 Å². The number of aliphatic carboxylic acids is 1. The number of carbonyl (C=O) groups is 4. The molecule has 38 heavy (non-hydrogen) atoms. The van der Waals surface area contributed by atoms with Crippen molar-refractivity contribution in [2.45, 2.75) is 30.9 Å². The number of pyridine rings is 1. The number of rotatable bonds is 7. The van der Waals surface area contributed by atoms with Crippen LogP contribution in [-0.4, -0.2) is 67.4 Å². The van der Waals surface area contributed by atoms with E-state index >= 15 is 0 Å². The first-order valence-corrected chi connectivity index (χ1v) is 13.0. The number of hydrogen-bond donors (Lipinski definition) is 4.